The molecule has 12 heterocycles. The molecule has 1 aliphatic carbocycles. The number of ether oxygens (including phenoxy) is 7. The standard InChI is InChI=1S/C94H120N18O28S2/c1-5-91-24-10-27-109-29-25-93(86(91)109)59-40-60(92(47-135-48-113)42-51-18-22-68(117)110(44-51)28-23-58-57-11-6-7-12-61(57)101-78(58)92)66(134-4)41-63(59)108(3)87(93)94(133,88(91)130)89(131)104-105-90(132)138-34-36-142-141-35-26-95-80(124)53(37-55-45-111(106-102-55)30-32-136-84-74(122)70(118)72(120)76(139-84)82(126)127)38-65(115)62(39-56-46-112(107-103-56)31-33-137-85-75(123)71(119)73(121)77(140-85)83(128)129)100-67(116)14-9-8-13-64(114)52-19-15-50(16-20-52)17-21-54-43-96-79-69(99-54)81(125)98-49(2)97-79/h6-7,10-12,15-16,19-20,24,40-41,43,45-46,48,51,53,58,62,68,70-78,84-88,101,117-123,130,133H,5,8-9,13-14,17-18,21-23,25-39,42,44,47H2,1-4H3,(H,95,124)(H,100,116)(H,104,131)(H,105,132)(H,126,127)(H,128,129)(H,96,97,98,125)/t51-,53-,58?,62+,68?,70+,71+,72+,73+,74?,75?,76?,77?,78?,84-,85-,86+,87?,88-,91-,92+,93-,94-/m1/s1. The molecular formula is C94H120N18O28S2. The number of aliphatic hydroxyl groups excluding tert-OH is 8. The van der Waals surface area contributed by atoms with Crippen molar-refractivity contribution in [1.82, 2.24) is 81.2 Å². The normalized spacial score (nSPS) is 29.9. The second kappa shape index (κ2) is 44.6. The van der Waals surface area contributed by atoms with Crippen LogP contribution in [0.15, 0.2) is 96.2 Å². The number of aryl methyl sites for hydroxylation is 3. The van der Waals surface area contributed by atoms with Gasteiger partial charge in [-0.2, -0.15) is 0 Å². The van der Waals surface area contributed by atoms with Gasteiger partial charge in [0.05, 0.1) is 80.1 Å². The number of H-pyrrole nitrogens is 1. The number of carbonyl (C=O) groups is 9. The lowest BCUT2D eigenvalue weighted by atomic mass is 9.47. The Morgan fingerprint density at radius 2 is 1.43 bits per heavy atom. The number of carboxylic acid groups (broad SMARTS) is 2. The highest BCUT2D eigenvalue weighted by atomic mass is 33.1. The number of unbranched alkanes of at least 4 members (excludes halogenated alkanes) is 1. The molecule has 8 aliphatic heterocycles. The van der Waals surface area contributed by atoms with E-state index >= 15 is 9.59 Å². The van der Waals surface area contributed by atoms with E-state index in [9.17, 15) is 94.5 Å². The number of carboxylic acids is 2. The summed E-state index contributed by atoms with van der Waals surface area (Å²) < 4.78 is 42.3. The Bertz CT molecular complexity index is 5850. The molecule has 4 amide bonds. The Morgan fingerprint density at radius 1 is 0.746 bits per heavy atom. The number of hydrazine groups is 1. The summed E-state index contributed by atoms with van der Waals surface area (Å²) in [6, 6.07) is 15.9. The fraction of sp³-hybridized carbons (Fsp3) is 0.585. The maximum atomic E-state index is 15.4. The number of rotatable bonds is 42. The maximum Gasteiger partial charge on any atom is 0.426 e. The largest absolute Gasteiger partial charge is 0.496 e. The minimum Gasteiger partial charge on any atom is -0.496 e. The molecule has 46 nitrogen and oxygen atoms in total. The summed E-state index contributed by atoms with van der Waals surface area (Å²) in [5.74, 6) is -6.48. The lowest BCUT2D eigenvalue weighted by Crippen LogP contribution is -2.82. The van der Waals surface area contributed by atoms with E-state index in [4.69, 9.17) is 33.2 Å². The smallest absolute Gasteiger partial charge is 0.426 e. The molecule has 6 fully saturated rings. The number of ketones is 2. The first kappa shape index (κ1) is 104. The van der Waals surface area contributed by atoms with Gasteiger partial charge in [-0.15, -0.1) is 10.2 Å². The van der Waals surface area contributed by atoms with Gasteiger partial charge in [0.1, 0.15) is 73.7 Å². The van der Waals surface area contributed by atoms with Gasteiger partial charge in [-0.25, -0.2) is 44.1 Å². The van der Waals surface area contributed by atoms with E-state index in [-0.39, 0.29) is 149 Å². The van der Waals surface area contributed by atoms with Gasteiger partial charge in [-0.3, -0.25) is 48.8 Å². The van der Waals surface area contributed by atoms with E-state index in [1.54, 1.807) is 39.4 Å². The zero-order valence-electron chi connectivity index (χ0n) is 78.5. The molecule has 16 rings (SSSR count). The number of amides is 4. The average molecular weight is 2010 g/mol. The van der Waals surface area contributed by atoms with Gasteiger partial charge in [-0.05, 0) is 112 Å². The Kier molecular flexibility index (Phi) is 32.6. The summed E-state index contributed by atoms with van der Waals surface area (Å²) in [6.07, 6.45) is -10.6. The highest BCUT2D eigenvalue weighted by molar-refractivity contribution is 8.76. The van der Waals surface area contributed by atoms with E-state index in [1.807, 2.05) is 60.4 Å². The lowest BCUT2D eigenvalue weighted by molar-refractivity contribution is -0.294. The van der Waals surface area contributed by atoms with Crippen LogP contribution in [0.4, 0.5) is 16.2 Å². The van der Waals surface area contributed by atoms with Gasteiger partial charge >= 0.3 is 18.0 Å². The van der Waals surface area contributed by atoms with Crippen LogP contribution in [0.1, 0.15) is 139 Å². The van der Waals surface area contributed by atoms with Crippen molar-refractivity contribution < 1.29 is 132 Å². The molecular weight excluding hydrogens is 1890 g/mol. The molecule has 9 aliphatic rings. The SMILES string of the molecule is CC[C@]12C=CCN3CC[C@@]4(c5cc([C@@]6(COC=O)C[C@H]7CCC(O)N(CCC8c9ccccc9NC86)C7)c(OC)cc5N(C)C4[C@](O)(C(=O)NNC(=O)OCCSSCCNC(=O)[C@@H](CC(=O)[C@H](Cc4cn(CCO[C@@H]5OC(C(=O)O)[C@@H](O)[C@H](O)C5O)nn4)NC(=O)CCCCC(=O)c4ccc(CCc5cnc6nc(C)[nH]c(=O)c6n5)cc4)Cc4cn(CCO[C@@H]5OC(C(=O)O)[C@@H](O)[C@H](O)C5O)nn4)[C@@H]1O)[C@@H]32. The molecule has 17 N–H and O–H groups in total. The number of hydrogen-bond donors (Lipinski definition) is 17. The van der Waals surface area contributed by atoms with Crippen LogP contribution in [0.5, 0.6) is 5.75 Å². The van der Waals surface area contributed by atoms with Crippen molar-refractivity contribution in [3.05, 3.63) is 152 Å². The van der Waals surface area contributed by atoms with Gasteiger partial charge in [0.2, 0.25) is 11.8 Å². The number of nitrogens with one attached hydrogen (secondary N) is 6. The monoisotopic (exact) mass is 2010 g/mol. The Hall–Kier alpha value is -11.2. The van der Waals surface area contributed by atoms with Gasteiger partial charge < -0.3 is 115 Å². The topological polar surface area (TPSA) is 644 Å². The Balaban J connectivity index is 0.568. The Labute approximate surface area is 821 Å². The quantitative estimate of drug-likeness (QED) is 0.00549. The maximum absolute atomic E-state index is 15.4. The first-order chi connectivity index (χ1) is 68.2. The molecule has 24 atom stereocenters. The van der Waals surface area contributed by atoms with Crippen LogP contribution in [0.2, 0.25) is 0 Å². The fourth-order valence-corrected chi connectivity index (χ4v) is 24.3. The van der Waals surface area contributed by atoms with E-state index in [0.29, 0.717) is 106 Å². The molecule has 9 unspecified atom stereocenters. The first-order valence-corrected chi connectivity index (χ1v) is 50.1. The number of aromatic amines is 1. The number of fused-ring (bicyclic) bond motifs is 7. The summed E-state index contributed by atoms with van der Waals surface area (Å²) in [5.41, 5.74) is 5.26. The molecule has 142 heavy (non-hydrogen) atoms. The number of aliphatic carboxylic acids is 2. The minimum absolute atomic E-state index is 0.000218. The summed E-state index contributed by atoms with van der Waals surface area (Å²) in [5, 5.41) is 146. The zero-order chi connectivity index (χ0) is 101. The Morgan fingerprint density at radius 3 is 2.11 bits per heavy atom. The van der Waals surface area contributed by atoms with Crippen LogP contribution >= 0.6 is 21.6 Å². The van der Waals surface area contributed by atoms with Crippen LogP contribution < -0.4 is 42.0 Å². The third-order valence-corrected chi connectivity index (χ3v) is 31.7. The van der Waals surface area contributed by atoms with Crippen molar-refractivity contribution in [3.63, 3.8) is 0 Å². The number of piperidine rings is 1. The van der Waals surface area contributed by atoms with Crippen molar-refractivity contribution in [2.45, 2.75) is 244 Å². The number of nitrogens with zero attached hydrogens (tertiary/aromatic N) is 12. The van der Waals surface area contributed by atoms with Crippen molar-refractivity contribution in [2.75, 3.05) is 95.0 Å². The lowest BCUT2D eigenvalue weighted by Gasteiger charge is -2.63. The van der Waals surface area contributed by atoms with Crippen LogP contribution in [-0.4, -0.2) is 358 Å². The minimum atomic E-state index is -2.65. The highest BCUT2D eigenvalue weighted by Gasteiger charge is 2.79. The van der Waals surface area contributed by atoms with Crippen molar-refractivity contribution in [1.29, 1.82) is 0 Å². The van der Waals surface area contributed by atoms with Crippen LogP contribution in [0, 0.1) is 24.2 Å². The summed E-state index contributed by atoms with van der Waals surface area (Å²) in [6.45, 7) is 5.18. The van der Waals surface area contributed by atoms with Gasteiger partial charge in [-0.1, -0.05) is 93.6 Å². The number of methoxy groups -OCH3 is 1. The van der Waals surface area contributed by atoms with E-state index in [0.717, 1.165) is 27.9 Å². The molecule has 5 saturated heterocycles. The number of aliphatic hydroxyl groups is 9. The van der Waals surface area contributed by atoms with Crippen LogP contribution in [-0.2, 0) is 112 Å². The van der Waals surface area contributed by atoms with Crippen LogP contribution in [0.3, 0.4) is 0 Å². The number of benzene rings is 3. The van der Waals surface area contributed by atoms with Crippen molar-refractivity contribution >= 4 is 97.9 Å². The number of aromatic nitrogens is 10. The second-order valence-electron chi connectivity index (χ2n) is 37.9. The number of para-hydroxylation sites is 1. The first-order valence-electron chi connectivity index (χ1n) is 47.6. The van der Waals surface area contributed by atoms with Crippen LogP contribution in [0.25, 0.3) is 11.2 Å². The third kappa shape index (κ3) is 21.2. The number of likely N-dealkylation sites (N-methyl/N-ethyl adjacent to an activating group) is 1. The molecule has 48 heteroatoms. The second-order valence-corrected chi connectivity index (χ2v) is 40.6. The number of hydrogen-bond acceptors (Lipinski definition) is 39. The third-order valence-electron chi connectivity index (χ3n) is 29.3. The molecule has 0 radical (unpaired) electrons. The molecule has 4 aromatic heterocycles. The summed E-state index contributed by atoms with van der Waals surface area (Å²) >= 11 is 0. The number of carbonyl (C=O) groups excluding carboxylic acids is 7. The molecule has 7 aromatic rings. The molecule has 1 saturated carbocycles. The van der Waals surface area contributed by atoms with E-state index < -0.39 is 173 Å². The number of anilines is 2. The highest BCUT2D eigenvalue weighted by Crippen LogP contribution is 2.68. The van der Waals surface area contributed by atoms with Crippen molar-refractivity contribution in [2.24, 2.45) is 17.3 Å². The van der Waals surface area contributed by atoms with Gasteiger partial charge in [0, 0.05) is 147 Å². The molecule has 2 bridgehead atoms. The van der Waals surface area contributed by atoms with Gasteiger partial charge in [0.25, 0.3) is 17.9 Å². The van der Waals surface area contributed by atoms with Gasteiger partial charge in [0.15, 0.2) is 53.1 Å². The molecule has 3 aromatic carbocycles. The molecule has 766 valence electrons. The van der Waals surface area contributed by atoms with E-state index in [2.05, 4.69) is 89.3 Å². The molecule has 1 spiro atoms. The summed E-state index contributed by atoms with van der Waals surface area (Å²) in [4.78, 5) is 157. The predicted octanol–water partition coefficient (Wildman–Crippen LogP) is -0.925. The van der Waals surface area contributed by atoms with Crippen molar-refractivity contribution in [3.8, 4) is 5.75 Å². The predicted molar refractivity (Wildman–Crippen MR) is 502 cm³/mol. The fourth-order valence-electron chi connectivity index (χ4n) is 22.6. The average Bonchev–Trinajstić information content (AvgIpc) is 1.47. The number of Topliss-reactive ketones (excluding diaryl/α,β-unsaturated/α-hetero) is 2. The van der Waals surface area contributed by atoms with E-state index in [1.165, 1.54) is 43.3 Å². The zero-order valence-corrected chi connectivity index (χ0v) is 80.2. The summed E-state index contributed by atoms with van der Waals surface area (Å²) in [7, 11) is 5.90.